The first-order valence-electron chi connectivity index (χ1n) is 9.98. The van der Waals surface area contributed by atoms with Gasteiger partial charge in [0.05, 0.1) is 43.8 Å². The predicted molar refractivity (Wildman–Crippen MR) is 100 cm³/mol. The number of nitrogens with zero attached hydrogens (tertiary/aromatic N) is 2. The maximum Gasteiger partial charge on any atom is 0.392 e. The van der Waals surface area contributed by atoms with Crippen LogP contribution in [0.1, 0.15) is 37.7 Å². The first-order valence-corrected chi connectivity index (χ1v) is 9.98. The molecule has 1 aliphatic heterocycles. The molecule has 1 aromatic rings. The van der Waals surface area contributed by atoms with E-state index in [-0.39, 0.29) is 23.7 Å². The van der Waals surface area contributed by atoms with Crippen LogP contribution in [0.5, 0.6) is 0 Å². The third kappa shape index (κ3) is 4.10. The molecule has 1 amide bonds. The molecule has 29 heavy (non-hydrogen) atoms. The van der Waals surface area contributed by atoms with Crippen molar-refractivity contribution in [2.75, 3.05) is 20.1 Å². The van der Waals surface area contributed by atoms with E-state index in [1.807, 2.05) is 6.07 Å². The van der Waals surface area contributed by atoms with Crippen LogP contribution in [0.25, 0.3) is 0 Å². The Bertz CT molecular complexity index is 750. The zero-order chi connectivity index (χ0) is 21.3. The summed E-state index contributed by atoms with van der Waals surface area (Å²) in [6.45, 7) is 0.882. The highest BCUT2D eigenvalue weighted by Crippen LogP contribution is 2.48. The second-order valence-electron chi connectivity index (χ2n) is 8.49. The topological polar surface area (TPSA) is 72.2 Å². The number of quaternary nitrogens is 1. The minimum absolute atomic E-state index is 0.0392. The Hall–Kier alpha value is -2.16. The van der Waals surface area contributed by atoms with Crippen molar-refractivity contribution in [1.82, 2.24) is 5.32 Å². The Balaban J connectivity index is 1.91. The van der Waals surface area contributed by atoms with E-state index in [1.165, 1.54) is 0 Å². The first kappa shape index (κ1) is 21.5. The van der Waals surface area contributed by atoms with Crippen LogP contribution in [0.15, 0.2) is 30.3 Å². The van der Waals surface area contributed by atoms with Gasteiger partial charge in [0.1, 0.15) is 0 Å². The average molecular weight is 414 g/mol. The van der Waals surface area contributed by atoms with E-state index in [9.17, 15) is 28.1 Å². The molecular weight excluding hydrogens is 387 g/mol. The standard InChI is InChI=1S/C20H26F3N3O3/c1-26(11-5-6-12-26)19(25(28)29)14-16(20(21,22)23)9-10-17(19)24-18(27)13-15-7-3-2-4-8-15/h2-4,7-8,16-17H,5-6,9-14H2,1H3/p+1/t16-,17?,19+/m0/s1. The summed E-state index contributed by atoms with van der Waals surface area (Å²) in [6, 6.07) is 8.00. The van der Waals surface area contributed by atoms with E-state index in [4.69, 9.17) is 0 Å². The molecule has 0 bridgehead atoms. The fourth-order valence-electron chi connectivity index (χ4n) is 5.12. The number of alkyl halides is 3. The first-order chi connectivity index (χ1) is 13.6. The normalized spacial score (nSPS) is 29.4. The minimum atomic E-state index is -4.49. The van der Waals surface area contributed by atoms with Crippen LogP contribution < -0.4 is 5.32 Å². The SMILES string of the molecule is C[N+]1([C@]2([N+](=O)[O-])C[C@@H](C(F)(F)F)CCC2NC(=O)Cc2ccccc2)CCCC1. The Morgan fingerprint density at radius 1 is 1.24 bits per heavy atom. The highest BCUT2D eigenvalue weighted by molar-refractivity contribution is 5.79. The summed E-state index contributed by atoms with van der Waals surface area (Å²) in [4.78, 5) is 24.5. The molecule has 160 valence electrons. The van der Waals surface area contributed by atoms with Gasteiger partial charge in [-0.3, -0.25) is 19.4 Å². The summed E-state index contributed by atoms with van der Waals surface area (Å²) in [5, 5.41) is 15.1. The third-order valence-corrected chi connectivity index (χ3v) is 6.72. The summed E-state index contributed by atoms with van der Waals surface area (Å²) < 4.78 is 40.5. The average Bonchev–Trinajstić information content (AvgIpc) is 3.09. The van der Waals surface area contributed by atoms with Crippen LogP contribution in [0.2, 0.25) is 0 Å². The zero-order valence-electron chi connectivity index (χ0n) is 16.5. The van der Waals surface area contributed by atoms with Gasteiger partial charge < -0.3 is 5.32 Å². The van der Waals surface area contributed by atoms with E-state index in [0.29, 0.717) is 13.1 Å². The summed E-state index contributed by atoms with van der Waals surface area (Å²) in [5.74, 6) is -2.13. The Kier molecular flexibility index (Phi) is 5.89. The number of likely N-dealkylation sites (tertiary alicyclic amines) is 1. The molecule has 1 unspecified atom stereocenters. The van der Waals surface area contributed by atoms with Gasteiger partial charge in [-0.05, 0) is 18.4 Å². The Morgan fingerprint density at radius 3 is 2.41 bits per heavy atom. The van der Waals surface area contributed by atoms with E-state index < -0.39 is 41.1 Å². The summed E-state index contributed by atoms with van der Waals surface area (Å²) in [5.41, 5.74) is -1.12. The number of hydrogen-bond acceptors (Lipinski definition) is 3. The smallest absolute Gasteiger partial charge is 0.340 e. The van der Waals surface area contributed by atoms with Crippen molar-refractivity contribution in [2.24, 2.45) is 5.92 Å². The molecule has 6 nitrogen and oxygen atoms in total. The number of amides is 1. The van der Waals surface area contributed by atoms with Crippen molar-refractivity contribution in [3.05, 3.63) is 46.0 Å². The van der Waals surface area contributed by atoms with Crippen molar-refractivity contribution in [1.29, 1.82) is 0 Å². The second kappa shape index (κ2) is 7.93. The number of likely N-dealkylation sites (N-methyl/N-ethyl adjacent to an activating group) is 1. The van der Waals surface area contributed by atoms with Crippen LogP contribution >= 0.6 is 0 Å². The molecule has 2 fully saturated rings. The molecule has 3 atom stereocenters. The summed E-state index contributed by atoms with van der Waals surface area (Å²) in [7, 11) is 1.67. The van der Waals surface area contributed by atoms with Gasteiger partial charge in [-0.25, -0.2) is 0 Å². The van der Waals surface area contributed by atoms with Gasteiger partial charge in [-0.2, -0.15) is 13.2 Å². The lowest BCUT2D eigenvalue weighted by Crippen LogP contribution is -2.75. The molecule has 1 N–H and O–H groups in total. The molecule has 1 saturated carbocycles. The molecule has 1 heterocycles. The molecule has 2 aliphatic rings. The fraction of sp³-hybridized carbons (Fsp3) is 0.650. The van der Waals surface area contributed by atoms with E-state index in [0.717, 1.165) is 18.4 Å². The molecule has 1 aromatic carbocycles. The van der Waals surface area contributed by atoms with E-state index >= 15 is 0 Å². The van der Waals surface area contributed by atoms with Gasteiger partial charge in [0.15, 0.2) is 6.04 Å². The number of nitro groups is 1. The number of benzene rings is 1. The van der Waals surface area contributed by atoms with Crippen LogP contribution in [0.3, 0.4) is 0 Å². The Morgan fingerprint density at radius 2 is 1.86 bits per heavy atom. The minimum Gasteiger partial charge on any atom is -0.340 e. The number of hydrogen-bond donors (Lipinski definition) is 1. The Labute approximate surface area is 167 Å². The molecular formula is C20H27F3N3O3+. The van der Waals surface area contributed by atoms with E-state index in [2.05, 4.69) is 5.32 Å². The quantitative estimate of drug-likeness (QED) is 0.457. The van der Waals surface area contributed by atoms with Gasteiger partial charge in [0, 0.05) is 12.8 Å². The zero-order valence-corrected chi connectivity index (χ0v) is 16.5. The lowest BCUT2D eigenvalue weighted by atomic mass is 9.75. The number of carbonyl (C=O) groups is 1. The van der Waals surface area contributed by atoms with Crippen LogP contribution in [-0.4, -0.2) is 53.3 Å². The fourth-order valence-corrected chi connectivity index (χ4v) is 5.12. The lowest BCUT2D eigenvalue weighted by Gasteiger charge is -2.49. The highest BCUT2D eigenvalue weighted by atomic mass is 19.4. The molecule has 1 saturated heterocycles. The van der Waals surface area contributed by atoms with Crippen molar-refractivity contribution < 1.29 is 27.4 Å². The van der Waals surface area contributed by atoms with Crippen LogP contribution in [0.4, 0.5) is 13.2 Å². The third-order valence-electron chi connectivity index (χ3n) is 6.72. The van der Waals surface area contributed by atoms with Gasteiger partial charge in [0.2, 0.25) is 5.91 Å². The van der Waals surface area contributed by atoms with Crippen molar-refractivity contribution in [3.8, 4) is 0 Å². The summed E-state index contributed by atoms with van der Waals surface area (Å²) in [6.07, 6.45) is -3.86. The van der Waals surface area contributed by atoms with Crippen molar-refractivity contribution >= 4 is 5.91 Å². The van der Waals surface area contributed by atoms with Crippen LogP contribution in [-0.2, 0) is 11.2 Å². The molecule has 1 aliphatic carbocycles. The molecule has 3 rings (SSSR count). The highest BCUT2D eigenvalue weighted by Gasteiger charge is 2.70. The van der Waals surface area contributed by atoms with Crippen molar-refractivity contribution in [2.45, 2.75) is 56.4 Å². The maximum absolute atomic E-state index is 13.5. The maximum atomic E-state index is 13.5. The monoisotopic (exact) mass is 414 g/mol. The summed E-state index contributed by atoms with van der Waals surface area (Å²) >= 11 is 0. The predicted octanol–water partition coefficient (Wildman–Crippen LogP) is 3.29. The van der Waals surface area contributed by atoms with Gasteiger partial charge >= 0.3 is 11.8 Å². The van der Waals surface area contributed by atoms with Gasteiger partial charge in [-0.15, -0.1) is 0 Å². The molecule has 0 spiro atoms. The number of nitrogens with one attached hydrogen (secondary N) is 1. The van der Waals surface area contributed by atoms with Crippen LogP contribution in [0, 0.1) is 16.0 Å². The number of carbonyl (C=O) groups excluding carboxylic acids is 1. The number of halogens is 3. The van der Waals surface area contributed by atoms with E-state index in [1.54, 1.807) is 31.3 Å². The lowest BCUT2D eigenvalue weighted by molar-refractivity contribution is -1.04. The molecule has 0 aromatic heterocycles. The van der Waals surface area contributed by atoms with Gasteiger partial charge in [0.25, 0.3) is 0 Å². The number of rotatable bonds is 5. The largest absolute Gasteiger partial charge is 0.392 e. The molecule has 9 heteroatoms. The van der Waals surface area contributed by atoms with Gasteiger partial charge in [-0.1, -0.05) is 30.3 Å². The van der Waals surface area contributed by atoms with Crippen molar-refractivity contribution in [3.63, 3.8) is 0 Å². The second-order valence-corrected chi connectivity index (χ2v) is 8.49. The molecule has 0 radical (unpaired) electrons.